The van der Waals surface area contributed by atoms with Gasteiger partial charge >= 0.3 is 0 Å². The summed E-state index contributed by atoms with van der Waals surface area (Å²) in [7, 11) is 1.94. The first-order valence-corrected chi connectivity index (χ1v) is 10.5. The zero-order valence-corrected chi connectivity index (χ0v) is 16.8. The van der Waals surface area contributed by atoms with Crippen molar-refractivity contribution in [2.45, 2.75) is 46.0 Å². The number of hydrogen-bond donors (Lipinski definition) is 1. The van der Waals surface area contributed by atoms with Crippen molar-refractivity contribution in [3.63, 3.8) is 0 Å². The molecule has 1 saturated carbocycles. The number of rotatable bonds is 5. The maximum atomic E-state index is 4.58. The van der Waals surface area contributed by atoms with Gasteiger partial charge < -0.3 is 20.0 Å². The molecule has 1 spiro atoms. The smallest absolute Gasteiger partial charge is 0.193 e. The van der Waals surface area contributed by atoms with Crippen LogP contribution in [0.15, 0.2) is 4.99 Å². The minimum Gasteiger partial charge on any atom is -0.356 e. The predicted molar refractivity (Wildman–Crippen MR) is 106 cm³/mol. The predicted octanol–water partition coefficient (Wildman–Crippen LogP) is 2.10. The van der Waals surface area contributed by atoms with E-state index in [0.29, 0.717) is 11.3 Å². The highest BCUT2D eigenvalue weighted by Crippen LogP contribution is 2.45. The summed E-state index contributed by atoms with van der Waals surface area (Å²) >= 11 is 0. The van der Waals surface area contributed by atoms with Gasteiger partial charge in [-0.25, -0.2) is 0 Å². The van der Waals surface area contributed by atoms with Gasteiger partial charge in [0.25, 0.3) is 0 Å². The van der Waals surface area contributed by atoms with Gasteiger partial charge in [-0.3, -0.25) is 4.99 Å². The molecule has 2 saturated heterocycles. The van der Waals surface area contributed by atoms with Crippen LogP contribution in [-0.4, -0.2) is 86.6 Å². The van der Waals surface area contributed by atoms with Crippen LogP contribution in [0.5, 0.6) is 0 Å². The molecule has 0 radical (unpaired) electrons. The highest BCUT2D eigenvalue weighted by atomic mass is 15.3. The molecule has 0 aromatic heterocycles. The monoisotopic (exact) mass is 349 g/mol. The number of nitrogens with one attached hydrogen (secondary N) is 1. The van der Waals surface area contributed by atoms with Crippen molar-refractivity contribution >= 4 is 5.96 Å². The number of hydrogen-bond acceptors (Lipinski definition) is 3. The molecular formula is C20H39N5. The molecule has 144 valence electrons. The van der Waals surface area contributed by atoms with Crippen LogP contribution in [0, 0.1) is 11.3 Å². The van der Waals surface area contributed by atoms with E-state index in [1.165, 1.54) is 84.5 Å². The van der Waals surface area contributed by atoms with Crippen LogP contribution in [0.3, 0.4) is 0 Å². The number of nitrogens with zero attached hydrogens (tertiary/aromatic N) is 4. The van der Waals surface area contributed by atoms with E-state index in [-0.39, 0.29) is 0 Å². The lowest BCUT2D eigenvalue weighted by atomic mass is 9.86. The molecule has 0 bridgehead atoms. The normalized spacial score (nSPS) is 26.5. The second-order valence-electron chi connectivity index (χ2n) is 8.65. The van der Waals surface area contributed by atoms with Crippen LogP contribution >= 0.6 is 0 Å². The van der Waals surface area contributed by atoms with E-state index in [0.717, 1.165) is 12.5 Å². The van der Waals surface area contributed by atoms with Crippen molar-refractivity contribution in [1.29, 1.82) is 0 Å². The fraction of sp³-hybridized carbons (Fsp3) is 0.950. The van der Waals surface area contributed by atoms with Gasteiger partial charge in [-0.2, -0.15) is 0 Å². The van der Waals surface area contributed by atoms with E-state index in [4.69, 9.17) is 0 Å². The number of likely N-dealkylation sites (N-methyl/N-ethyl adjacent to an activating group) is 1. The zero-order chi connectivity index (χ0) is 17.7. The van der Waals surface area contributed by atoms with Gasteiger partial charge in [0.1, 0.15) is 0 Å². The molecule has 1 N–H and O–H groups in total. The zero-order valence-electron chi connectivity index (χ0n) is 16.8. The first-order chi connectivity index (χ1) is 12.1. The van der Waals surface area contributed by atoms with Crippen molar-refractivity contribution < 1.29 is 0 Å². The van der Waals surface area contributed by atoms with Crippen molar-refractivity contribution in [3.05, 3.63) is 0 Å². The van der Waals surface area contributed by atoms with Gasteiger partial charge in [0.05, 0.1) is 0 Å². The number of likely N-dealkylation sites (tertiary alicyclic amines) is 1. The Morgan fingerprint density at radius 1 is 1.04 bits per heavy atom. The van der Waals surface area contributed by atoms with Crippen molar-refractivity contribution in [2.75, 3.05) is 66.0 Å². The van der Waals surface area contributed by atoms with Crippen LogP contribution in [-0.2, 0) is 0 Å². The molecule has 5 nitrogen and oxygen atoms in total. The van der Waals surface area contributed by atoms with Crippen molar-refractivity contribution in [3.8, 4) is 0 Å². The van der Waals surface area contributed by atoms with E-state index in [9.17, 15) is 0 Å². The van der Waals surface area contributed by atoms with Gasteiger partial charge in [0.2, 0.25) is 0 Å². The largest absolute Gasteiger partial charge is 0.356 e. The number of aliphatic imine (C=N–C) groups is 1. The summed E-state index contributed by atoms with van der Waals surface area (Å²) < 4.78 is 0. The van der Waals surface area contributed by atoms with Crippen LogP contribution in [0.25, 0.3) is 0 Å². The summed E-state index contributed by atoms with van der Waals surface area (Å²) in [5.74, 6) is 1.79. The number of piperazine rings is 1. The first kappa shape index (κ1) is 19.0. The summed E-state index contributed by atoms with van der Waals surface area (Å²) in [6, 6.07) is 0. The third-order valence-corrected chi connectivity index (χ3v) is 6.70. The highest BCUT2D eigenvalue weighted by Gasteiger charge is 2.41. The molecule has 3 aliphatic rings. The molecule has 1 unspecified atom stereocenters. The third-order valence-electron chi connectivity index (χ3n) is 6.70. The molecule has 0 amide bonds. The van der Waals surface area contributed by atoms with E-state index in [1.807, 2.05) is 7.05 Å². The molecule has 2 aliphatic heterocycles. The molecule has 1 atom stereocenters. The molecule has 3 fully saturated rings. The molecule has 25 heavy (non-hydrogen) atoms. The Kier molecular flexibility index (Phi) is 6.61. The maximum absolute atomic E-state index is 4.58. The Morgan fingerprint density at radius 2 is 1.72 bits per heavy atom. The second-order valence-corrected chi connectivity index (χ2v) is 8.65. The average Bonchev–Trinajstić information content (AvgIpc) is 3.26. The average molecular weight is 350 g/mol. The fourth-order valence-electron chi connectivity index (χ4n) is 5.04. The minimum absolute atomic E-state index is 0.613. The molecule has 1 aliphatic carbocycles. The van der Waals surface area contributed by atoms with E-state index in [1.54, 1.807) is 0 Å². The van der Waals surface area contributed by atoms with Gasteiger partial charge in [0.15, 0.2) is 5.96 Å². The molecule has 2 heterocycles. The Morgan fingerprint density at radius 3 is 2.36 bits per heavy atom. The highest BCUT2D eigenvalue weighted by molar-refractivity contribution is 5.80. The summed E-state index contributed by atoms with van der Waals surface area (Å²) in [6.45, 7) is 15.4. The summed E-state index contributed by atoms with van der Waals surface area (Å²) in [5.41, 5.74) is 0.613. The maximum Gasteiger partial charge on any atom is 0.193 e. The third kappa shape index (κ3) is 4.88. The molecule has 0 aromatic carbocycles. The van der Waals surface area contributed by atoms with Crippen LogP contribution in [0.4, 0.5) is 0 Å². The van der Waals surface area contributed by atoms with E-state index < -0.39 is 0 Å². The van der Waals surface area contributed by atoms with Crippen LogP contribution in [0.2, 0.25) is 0 Å². The first-order valence-electron chi connectivity index (χ1n) is 10.5. The minimum atomic E-state index is 0.613. The lowest BCUT2D eigenvalue weighted by Gasteiger charge is -2.35. The number of guanidine groups is 1. The lowest BCUT2D eigenvalue weighted by Crippen LogP contribution is -2.49. The molecule has 5 heteroatoms. The van der Waals surface area contributed by atoms with Crippen molar-refractivity contribution in [1.82, 2.24) is 20.0 Å². The SMILES string of the molecule is CCN1CCN(CC(C)CNC(=NC)N2CCC3(CCCC3)C2)CC1. The summed E-state index contributed by atoms with van der Waals surface area (Å²) in [5, 5.41) is 3.67. The Bertz CT molecular complexity index is 435. The summed E-state index contributed by atoms with van der Waals surface area (Å²) in [4.78, 5) is 12.3. The quantitative estimate of drug-likeness (QED) is 0.609. The van der Waals surface area contributed by atoms with E-state index in [2.05, 4.69) is 38.9 Å². The Balaban J connectivity index is 1.39. The molecule has 0 aromatic rings. The van der Waals surface area contributed by atoms with E-state index >= 15 is 0 Å². The summed E-state index contributed by atoms with van der Waals surface area (Å²) in [6.07, 6.45) is 7.09. The van der Waals surface area contributed by atoms with Crippen LogP contribution < -0.4 is 5.32 Å². The molecular weight excluding hydrogens is 310 g/mol. The van der Waals surface area contributed by atoms with Crippen molar-refractivity contribution in [2.24, 2.45) is 16.3 Å². The Labute approximate surface area is 154 Å². The van der Waals surface area contributed by atoms with Gasteiger partial charge in [-0.05, 0) is 37.1 Å². The topological polar surface area (TPSA) is 34.1 Å². The van der Waals surface area contributed by atoms with Crippen LogP contribution in [0.1, 0.15) is 46.0 Å². The molecule has 3 rings (SSSR count). The van der Waals surface area contributed by atoms with Gasteiger partial charge in [0, 0.05) is 59.4 Å². The lowest BCUT2D eigenvalue weighted by molar-refractivity contribution is 0.124. The Hall–Kier alpha value is -0.810. The second kappa shape index (κ2) is 8.72. The van der Waals surface area contributed by atoms with Gasteiger partial charge in [-0.15, -0.1) is 0 Å². The fourth-order valence-corrected chi connectivity index (χ4v) is 5.04. The standard InChI is InChI=1S/C20H39N5/c1-4-23-11-13-24(14-12-23)16-18(2)15-22-19(21-3)25-10-9-20(17-25)7-5-6-8-20/h18H,4-17H2,1-3H3,(H,21,22). The van der Waals surface area contributed by atoms with Gasteiger partial charge in [-0.1, -0.05) is 26.7 Å².